The molecule has 0 aliphatic carbocycles. The first kappa shape index (κ1) is 19.6. The van der Waals surface area contributed by atoms with Gasteiger partial charge in [0.2, 0.25) is 0 Å². The third kappa shape index (κ3) is 3.79. The highest BCUT2D eigenvalue weighted by Crippen LogP contribution is 2.43. The number of benzene rings is 1. The summed E-state index contributed by atoms with van der Waals surface area (Å²) in [7, 11) is 0. The van der Waals surface area contributed by atoms with Gasteiger partial charge < -0.3 is 15.4 Å². The smallest absolute Gasteiger partial charge is 0.0708 e. The first-order chi connectivity index (χ1) is 14.0. The van der Waals surface area contributed by atoms with Gasteiger partial charge in [0.1, 0.15) is 0 Å². The van der Waals surface area contributed by atoms with Crippen molar-refractivity contribution in [2.75, 3.05) is 31.2 Å². The third-order valence-electron chi connectivity index (χ3n) is 6.31. The Morgan fingerprint density at radius 2 is 1.83 bits per heavy atom. The zero-order chi connectivity index (χ0) is 20.4. The fourth-order valence-corrected chi connectivity index (χ4v) is 4.62. The summed E-state index contributed by atoms with van der Waals surface area (Å²) in [6.45, 7) is 8.10. The third-order valence-corrected chi connectivity index (χ3v) is 6.31. The molecule has 2 aliphatic rings. The second-order valence-corrected chi connectivity index (χ2v) is 8.33. The molecular weight excluding hydrogens is 360 g/mol. The summed E-state index contributed by atoms with van der Waals surface area (Å²) < 4.78 is 5.55. The van der Waals surface area contributed by atoms with Gasteiger partial charge >= 0.3 is 0 Å². The molecule has 2 saturated heterocycles. The fraction of sp³-hybridized carbons (Fsp3) is 0.417. The Labute approximate surface area is 173 Å². The normalized spacial score (nSPS) is 18.9. The minimum absolute atomic E-state index is 0.437. The number of allylic oxidation sites excluding steroid dienone is 2. The molecule has 5 nitrogen and oxygen atoms in total. The topological polar surface area (TPSA) is 75.2 Å². The minimum Gasteiger partial charge on any atom is -0.402 e. The summed E-state index contributed by atoms with van der Waals surface area (Å²) in [5.74, 6) is 0. The molecule has 0 radical (unpaired) electrons. The quantitative estimate of drug-likeness (QED) is 0.756. The van der Waals surface area contributed by atoms with Crippen molar-refractivity contribution in [2.24, 2.45) is 11.1 Å². The number of hydrogen-bond acceptors (Lipinski definition) is 5. The zero-order valence-electron chi connectivity index (χ0n) is 17.4. The lowest BCUT2D eigenvalue weighted by Crippen LogP contribution is -2.58. The number of aryl methyl sites for hydroxylation is 1. The van der Waals surface area contributed by atoms with E-state index in [0.29, 0.717) is 16.8 Å². The first-order valence-corrected chi connectivity index (χ1v) is 10.4. The van der Waals surface area contributed by atoms with Gasteiger partial charge in [-0.05, 0) is 61.6 Å². The maximum Gasteiger partial charge on any atom is 0.0708 e. The molecule has 1 aromatic heterocycles. The Hall–Kier alpha value is -2.66. The number of ether oxygens (including phenoxy) is 1. The summed E-state index contributed by atoms with van der Waals surface area (Å²) in [5, 5.41) is 8.71. The molecule has 152 valence electrons. The summed E-state index contributed by atoms with van der Waals surface area (Å²) in [6.07, 6.45) is 6.72. The van der Waals surface area contributed by atoms with Gasteiger partial charge in [-0.2, -0.15) is 0 Å². The van der Waals surface area contributed by atoms with Gasteiger partial charge in [0, 0.05) is 66.6 Å². The van der Waals surface area contributed by atoms with Crippen LogP contribution in [0, 0.1) is 10.8 Å². The number of rotatable bonds is 5. The van der Waals surface area contributed by atoms with Crippen molar-refractivity contribution in [1.29, 1.82) is 5.41 Å². The highest BCUT2D eigenvalue weighted by molar-refractivity contribution is 6.30. The van der Waals surface area contributed by atoms with Gasteiger partial charge in [-0.1, -0.05) is 13.0 Å². The lowest BCUT2D eigenvalue weighted by atomic mass is 9.73. The number of hydrogen-bond donors (Lipinski definition) is 2. The second-order valence-electron chi connectivity index (χ2n) is 8.33. The average molecular weight is 391 g/mol. The van der Waals surface area contributed by atoms with Crippen LogP contribution in [0.4, 0.5) is 5.69 Å². The number of nitrogens with two attached hydrogens (primary N) is 1. The summed E-state index contributed by atoms with van der Waals surface area (Å²) in [4.78, 5) is 6.56. The predicted octanol–water partition coefficient (Wildman–Crippen LogP) is 4.02. The average Bonchev–Trinajstić information content (AvgIpc) is 2.73. The van der Waals surface area contributed by atoms with Gasteiger partial charge in [-0.15, -0.1) is 0 Å². The molecule has 0 bridgehead atoms. The van der Waals surface area contributed by atoms with E-state index in [9.17, 15) is 0 Å². The van der Waals surface area contributed by atoms with Crippen molar-refractivity contribution in [3.05, 3.63) is 65.1 Å². The van der Waals surface area contributed by atoms with Crippen LogP contribution in [0.15, 0.2) is 48.4 Å². The van der Waals surface area contributed by atoms with E-state index in [1.165, 1.54) is 24.1 Å². The van der Waals surface area contributed by atoms with E-state index >= 15 is 0 Å². The standard InChI is InChI=1S/C24H30N4O/c1-3-18-14-20(22(17(2)25)23(26)19-6-10-27-11-7-19)4-5-21(18)28-15-24(16-28)8-12-29-13-9-24/h4-7,10-11,14,26H,3,8-9,12-13,15-16,25H2,1-2H3/b22-17-,26-23?. The van der Waals surface area contributed by atoms with Crippen LogP contribution in [-0.2, 0) is 11.2 Å². The molecule has 4 rings (SSSR count). The van der Waals surface area contributed by atoms with E-state index in [1.807, 2.05) is 19.1 Å². The molecule has 0 unspecified atom stereocenters. The van der Waals surface area contributed by atoms with Gasteiger partial charge in [-0.25, -0.2) is 0 Å². The van der Waals surface area contributed by atoms with Crippen LogP contribution in [0.1, 0.15) is 43.4 Å². The predicted molar refractivity (Wildman–Crippen MR) is 118 cm³/mol. The molecular formula is C24H30N4O. The molecule has 1 aromatic carbocycles. The van der Waals surface area contributed by atoms with E-state index in [0.717, 1.165) is 49.4 Å². The van der Waals surface area contributed by atoms with Crippen molar-refractivity contribution in [2.45, 2.75) is 33.1 Å². The van der Waals surface area contributed by atoms with Crippen molar-refractivity contribution < 1.29 is 4.74 Å². The highest BCUT2D eigenvalue weighted by atomic mass is 16.5. The Balaban J connectivity index is 1.60. The summed E-state index contributed by atoms with van der Waals surface area (Å²) in [6, 6.07) is 10.3. The van der Waals surface area contributed by atoms with E-state index < -0.39 is 0 Å². The van der Waals surface area contributed by atoms with Crippen molar-refractivity contribution in [3.8, 4) is 0 Å². The molecule has 0 amide bonds. The minimum atomic E-state index is 0.437. The van der Waals surface area contributed by atoms with Crippen LogP contribution in [0.5, 0.6) is 0 Å². The number of anilines is 1. The molecule has 1 spiro atoms. The Morgan fingerprint density at radius 1 is 1.14 bits per heavy atom. The van der Waals surface area contributed by atoms with Crippen molar-refractivity contribution in [3.63, 3.8) is 0 Å². The summed E-state index contributed by atoms with van der Waals surface area (Å²) >= 11 is 0. The first-order valence-electron chi connectivity index (χ1n) is 10.4. The molecule has 2 aromatic rings. The fourth-order valence-electron chi connectivity index (χ4n) is 4.62. The van der Waals surface area contributed by atoms with Crippen molar-refractivity contribution in [1.82, 2.24) is 4.98 Å². The number of aromatic nitrogens is 1. The van der Waals surface area contributed by atoms with Crippen LogP contribution < -0.4 is 10.6 Å². The lowest BCUT2D eigenvalue weighted by molar-refractivity contribution is -0.000237. The second kappa shape index (κ2) is 7.99. The van der Waals surface area contributed by atoms with E-state index in [1.54, 1.807) is 12.4 Å². The Morgan fingerprint density at radius 3 is 2.45 bits per heavy atom. The Kier molecular flexibility index (Phi) is 5.41. The number of nitrogens with zero attached hydrogens (tertiary/aromatic N) is 2. The molecule has 3 N–H and O–H groups in total. The Bertz CT molecular complexity index is 917. The lowest BCUT2D eigenvalue weighted by Gasteiger charge is -2.53. The van der Waals surface area contributed by atoms with Crippen LogP contribution in [0.3, 0.4) is 0 Å². The van der Waals surface area contributed by atoms with Gasteiger partial charge in [0.25, 0.3) is 0 Å². The van der Waals surface area contributed by atoms with Crippen LogP contribution in [0.2, 0.25) is 0 Å². The molecule has 29 heavy (non-hydrogen) atoms. The maximum absolute atomic E-state index is 8.71. The zero-order valence-corrected chi connectivity index (χ0v) is 17.4. The van der Waals surface area contributed by atoms with Crippen LogP contribution in [-0.4, -0.2) is 37.0 Å². The van der Waals surface area contributed by atoms with Crippen LogP contribution in [0.25, 0.3) is 5.57 Å². The van der Waals surface area contributed by atoms with Crippen LogP contribution >= 0.6 is 0 Å². The van der Waals surface area contributed by atoms with E-state index in [-0.39, 0.29) is 0 Å². The summed E-state index contributed by atoms with van der Waals surface area (Å²) in [5.41, 5.74) is 13.0. The molecule has 3 heterocycles. The van der Waals surface area contributed by atoms with Gasteiger partial charge in [-0.3, -0.25) is 10.4 Å². The maximum atomic E-state index is 8.71. The highest BCUT2D eigenvalue weighted by Gasteiger charge is 2.44. The van der Waals surface area contributed by atoms with Gasteiger partial charge in [0.15, 0.2) is 0 Å². The van der Waals surface area contributed by atoms with E-state index in [4.69, 9.17) is 15.9 Å². The van der Waals surface area contributed by atoms with Crippen molar-refractivity contribution >= 4 is 17.0 Å². The number of pyridine rings is 1. The largest absolute Gasteiger partial charge is 0.402 e. The van der Waals surface area contributed by atoms with Gasteiger partial charge in [0.05, 0.1) is 5.71 Å². The molecule has 2 fully saturated rings. The number of nitrogens with one attached hydrogen (secondary N) is 1. The molecule has 0 atom stereocenters. The SMILES string of the molecule is CCc1cc(/C(C(=N)c2ccncc2)=C(\C)N)ccc1N1CC2(CCOCC2)C1. The molecule has 2 aliphatic heterocycles. The van der Waals surface area contributed by atoms with E-state index in [2.05, 4.69) is 35.0 Å². The monoisotopic (exact) mass is 390 g/mol. The molecule has 5 heteroatoms. The molecule has 0 saturated carbocycles.